The first-order valence-corrected chi connectivity index (χ1v) is 7.98. The molecule has 0 saturated carbocycles. The zero-order valence-corrected chi connectivity index (χ0v) is 15.1. The van der Waals surface area contributed by atoms with Gasteiger partial charge in [-0.05, 0) is 50.1 Å². The second kappa shape index (κ2) is 7.15. The fourth-order valence-electron chi connectivity index (χ4n) is 1.44. The summed E-state index contributed by atoms with van der Waals surface area (Å²) in [5.74, 6) is -0.290. The van der Waals surface area contributed by atoms with Gasteiger partial charge in [0.1, 0.15) is 5.75 Å². The average molecular weight is 478 g/mol. The van der Waals surface area contributed by atoms with Crippen molar-refractivity contribution in [2.24, 2.45) is 5.10 Å². The molecule has 0 fully saturated rings. The molecule has 0 radical (unpaired) electrons. The van der Waals surface area contributed by atoms with Gasteiger partial charge in [0.05, 0.1) is 15.2 Å². The van der Waals surface area contributed by atoms with Crippen LogP contribution in [0.2, 0.25) is 0 Å². The number of pyridine rings is 1. The maximum Gasteiger partial charge on any atom is 0.271 e. The Balaban J connectivity index is 2.16. The molecule has 0 aliphatic rings. The van der Waals surface area contributed by atoms with Gasteiger partial charge in [-0.15, -0.1) is 0 Å². The van der Waals surface area contributed by atoms with Crippen molar-refractivity contribution >= 4 is 59.9 Å². The molecule has 8 heteroatoms. The van der Waals surface area contributed by atoms with Gasteiger partial charge >= 0.3 is 0 Å². The molecule has 0 spiro atoms. The highest BCUT2D eigenvalue weighted by Crippen LogP contribution is 2.38. The summed E-state index contributed by atoms with van der Waals surface area (Å²) in [6.45, 7) is 0. The quantitative estimate of drug-likeness (QED) is 0.521. The number of aromatic hydroxyl groups is 1. The fourth-order valence-corrected chi connectivity index (χ4v) is 3.76. The summed E-state index contributed by atoms with van der Waals surface area (Å²) in [7, 11) is 0. The number of nitrogens with one attached hydrogen (secondary N) is 1. The first-order valence-electron chi connectivity index (χ1n) is 5.60. The Bertz CT molecular complexity index is 706. The minimum Gasteiger partial charge on any atom is -0.506 e. The summed E-state index contributed by atoms with van der Waals surface area (Å²) in [4.78, 5) is 15.6. The summed E-state index contributed by atoms with van der Waals surface area (Å²) in [6, 6.07) is 4.86. The van der Waals surface area contributed by atoms with E-state index in [-0.39, 0.29) is 11.7 Å². The van der Waals surface area contributed by atoms with E-state index in [4.69, 9.17) is 0 Å². The molecule has 108 valence electrons. The summed E-state index contributed by atoms with van der Waals surface area (Å²) in [5, 5.41) is 13.7. The highest BCUT2D eigenvalue weighted by Gasteiger charge is 2.12. The molecule has 0 aliphatic heterocycles. The minimum absolute atomic E-state index is 0.0557. The highest BCUT2D eigenvalue weighted by molar-refractivity contribution is 9.11. The van der Waals surface area contributed by atoms with Crippen molar-refractivity contribution < 1.29 is 9.90 Å². The lowest BCUT2D eigenvalue weighted by Crippen LogP contribution is -2.17. The molecule has 21 heavy (non-hydrogen) atoms. The second-order valence-corrected chi connectivity index (χ2v) is 6.35. The predicted molar refractivity (Wildman–Crippen MR) is 90.5 cm³/mol. The van der Waals surface area contributed by atoms with Crippen molar-refractivity contribution in [1.29, 1.82) is 0 Å². The van der Waals surface area contributed by atoms with Gasteiger partial charge in [-0.25, -0.2) is 5.43 Å². The van der Waals surface area contributed by atoms with Gasteiger partial charge in [-0.1, -0.05) is 15.9 Å². The van der Waals surface area contributed by atoms with Crippen LogP contribution in [-0.2, 0) is 0 Å². The number of hydrazone groups is 1. The molecule has 0 aliphatic carbocycles. The molecular formula is C13H8Br3N3O2. The number of hydrogen-bond acceptors (Lipinski definition) is 4. The maximum atomic E-state index is 11.8. The number of phenols is 1. The molecule has 1 aromatic heterocycles. The Kier molecular flexibility index (Phi) is 5.49. The van der Waals surface area contributed by atoms with Gasteiger partial charge in [-0.2, -0.15) is 5.10 Å². The van der Waals surface area contributed by atoms with Crippen molar-refractivity contribution in [3.8, 4) is 5.75 Å². The Morgan fingerprint density at radius 3 is 2.57 bits per heavy atom. The van der Waals surface area contributed by atoms with E-state index in [1.165, 1.54) is 18.6 Å². The Morgan fingerprint density at radius 1 is 1.24 bits per heavy atom. The van der Waals surface area contributed by atoms with Crippen LogP contribution in [0.25, 0.3) is 0 Å². The molecule has 2 aromatic rings. The number of hydrogen-bond donors (Lipinski definition) is 2. The van der Waals surface area contributed by atoms with Crippen LogP contribution in [0.5, 0.6) is 5.75 Å². The molecule has 0 bridgehead atoms. The topological polar surface area (TPSA) is 74.6 Å². The molecule has 0 atom stereocenters. The normalized spacial score (nSPS) is 10.8. The summed E-state index contributed by atoms with van der Waals surface area (Å²) >= 11 is 9.86. The number of benzene rings is 1. The van der Waals surface area contributed by atoms with Crippen LogP contribution < -0.4 is 5.43 Å². The van der Waals surface area contributed by atoms with Gasteiger partial charge < -0.3 is 5.11 Å². The number of carbonyl (C=O) groups excluding carboxylic acids is 1. The minimum atomic E-state index is -0.345. The van der Waals surface area contributed by atoms with Gasteiger partial charge in [0.15, 0.2) is 0 Å². The Labute approximate surface area is 145 Å². The van der Waals surface area contributed by atoms with E-state index in [1.807, 2.05) is 0 Å². The van der Waals surface area contributed by atoms with E-state index >= 15 is 0 Å². The third kappa shape index (κ3) is 3.90. The van der Waals surface area contributed by atoms with Crippen LogP contribution in [-0.4, -0.2) is 22.2 Å². The summed E-state index contributed by atoms with van der Waals surface area (Å²) in [6.07, 6.45) is 4.48. The largest absolute Gasteiger partial charge is 0.506 e. The number of aromatic nitrogens is 1. The smallest absolute Gasteiger partial charge is 0.271 e. The van der Waals surface area contributed by atoms with E-state index in [2.05, 4.69) is 63.3 Å². The molecule has 1 amide bonds. The van der Waals surface area contributed by atoms with Gasteiger partial charge in [-0.3, -0.25) is 9.78 Å². The number of nitrogens with zero attached hydrogens (tertiary/aromatic N) is 2. The fraction of sp³-hybridized carbons (Fsp3) is 0. The molecule has 1 aromatic carbocycles. The van der Waals surface area contributed by atoms with Crippen molar-refractivity contribution in [3.63, 3.8) is 0 Å². The lowest BCUT2D eigenvalue weighted by Gasteiger charge is -2.06. The third-order valence-electron chi connectivity index (χ3n) is 2.48. The predicted octanol–water partition coefficient (Wildman–Crippen LogP) is 3.84. The van der Waals surface area contributed by atoms with Crippen molar-refractivity contribution in [1.82, 2.24) is 10.4 Å². The Morgan fingerprint density at radius 2 is 1.90 bits per heavy atom. The van der Waals surface area contributed by atoms with E-state index < -0.39 is 0 Å². The maximum absolute atomic E-state index is 11.8. The van der Waals surface area contributed by atoms with Crippen LogP contribution >= 0.6 is 47.8 Å². The van der Waals surface area contributed by atoms with Crippen LogP contribution in [0, 0.1) is 0 Å². The van der Waals surface area contributed by atoms with Crippen LogP contribution in [0.15, 0.2) is 49.1 Å². The third-order valence-corrected chi connectivity index (χ3v) is 4.55. The van der Waals surface area contributed by atoms with E-state index in [9.17, 15) is 9.90 Å². The first-order chi connectivity index (χ1) is 10.0. The second-order valence-electron chi connectivity index (χ2n) is 3.85. The number of rotatable bonds is 3. The zero-order chi connectivity index (χ0) is 15.4. The standard InChI is InChI=1S/C13H8Br3N3O2/c14-9-5-10(15)12(20)11(16)8(9)6-18-19-13(21)7-1-3-17-4-2-7/h1-6,20H,(H,19,21). The van der Waals surface area contributed by atoms with Crippen molar-refractivity contribution in [2.75, 3.05) is 0 Å². The van der Waals surface area contributed by atoms with Crippen LogP contribution in [0.4, 0.5) is 0 Å². The first kappa shape index (κ1) is 16.1. The van der Waals surface area contributed by atoms with Gasteiger partial charge in [0.2, 0.25) is 0 Å². The number of halogens is 3. The number of carbonyl (C=O) groups is 1. The van der Waals surface area contributed by atoms with Crippen LogP contribution in [0.1, 0.15) is 15.9 Å². The van der Waals surface area contributed by atoms with Gasteiger partial charge in [0.25, 0.3) is 5.91 Å². The molecule has 0 saturated heterocycles. The van der Waals surface area contributed by atoms with Gasteiger partial charge in [0, 0.05) is 28.0 Å². The zero-order valence-electron chi connectivity index (χ0n) is 10.3. The number of amides is 1. The van der Waals surface area contributed by atoms with E-state index in [0.717, 1.165) is 0 Å². The molecule has 2 rings (SSSR count). The summed E-state index contributed by atoms with van der Waals surface area (Å²) < 4.78 is 1.71. The molecule has 0 unspecified atom stereocenters. The molecule has 2 N–H and O–H groups in total. The lowest BCUT2D eigenvalue weighted by atomic mass is 10.2. The van der Waals surface area contributed by atoms with Crippen molar-refractivity contribution in [3.05, 3.63) is 55.1 Å². The van der Waals surface area contributed by atoms with Crippen LogP contribution in [0.3, 0.4) is 0 Å². The molecular weight excluding hydrogens is 470 g/mol. The van der Waals surface area contributed by atoms with E-state index in [0.29, 0.717) is 24.5 Å². The summed E-state index contributed by atoms with van der Waals surface area (Å²) in [5.41, 5.74) is 3.46. The SMILES string of the molecule is O=C(NN=Cc1c(Br)cc(Br)c(O)c1Br)c1ccncc1. The number of phenolic OH excluding ortho intramolecular Hbond substituents is 1. The average Bonchev–Trinajstić information content (AvgIpc) is 2.49. The highest BCUT2D eigenvalue weighted by atomic mass is 79.9. The van der Waals surface area contributed by atoms with Crippen molar-refractivity contribution in [2.45, 2.75) is 0 Å². The molecule has 5 nitrogen and oxygen atoms in total. The lowest BCUT2D eigenvalue weighted by molar-refractivity contribution is 0.0955. The van der Waals surface area contributed by atoms with E-state index in [1.54, 1.807) is 18.2 Å². The monoisotopic (exact) mass is 475 g/mol. The Hall–Kier alpha value is -1.25. The molecule has 1 heterocycles.